The van der Waals surface area contributed by atoms with Crippen LogP contribution in [0, 0.1) is 10.8 Å². The van der Waals surface area contributed by atoms with Gasteiger partial charge < -0.3 is 28.8 Å². The zero-order valence-electron chi connectivity index (χ0n) is 65.5. The van der Waals surface area contributed by atoms with E-state index in [0.717, 1.165) is 102 Å². The average Bonchev–Trinajstić information content (AvgIpc) is 1.49. The van der Waals surface area contributed by atoms with Crippen LogP contribution >= 0.6 is 0 Å². The van der Waals surface area contributed by atoms with Crippen LogP contribution in [0.5, 0.6) is 23.0 Å². The van der Waals surface area contributed by atoms with E-state index >= 15 is 0 Å². The Morgan fingerprint density at radius 1 is 0.276 bits per heavy atom. The summed E-state index contributed by atoms with van der Waals surface area (Å²) in [5, 5.41) is 31.5. The third kappa shape index (κ3) is 15.2. The van der Waals surface area contributed by atoms with Crippen LogP contribution in [0.2, 0.25) is 0 Å². The molecular weight excluding hydrogens is 1200 g/mol. The average molecular weight is 1320 g/mol. The van der Waals surface area contributed by atoms with Gasteiger partial charge in [0.15, 0.2) is 0 Å². The van der Waals surface area contributed by atoms with Gasteiger partial charge in [-0.25, -0.2) is 0 Å². The molecule has 2 heterocycles. The molecule has 0 amide bonds. The highest BCUT2D eigenvalue weighted by Crippen LogP contribution is 2.52. The van der Waals surface area contributed by atoms with Crippen LogP contribution in [0.4, 0.5) is 0 Å². The van der Waals surface area contributed by atoms with Crippen LogP contribution in [0.3, 0.4) is 0 Å². The van der Waals surface area contributed by atoms with Crippen molar-refractivity contribution < 1.29 is 19.7 Å². The lowest BCUT2D eigenvalue weighted by Crippen LogP contribution is -2.25. The second-order valence-corrected chi connectivity index (χ2v) is 39.0. The van der Waals surface area contributed by atoms with E-state index in [0.29, 0.717) is 26.1 Å². The molecule has 2 aromatic heterocycles. The van der Waals surface area contributed by atoms with Crippen molar-refractivity contribution >= 4 is 43.6 Å². The van der Waals surface area contributed by atoms with Gasteiger partial charge in [0, 0.05) is 43.8 Å². The minimum atomic E-state index is -0.269. The molecule has 0 aliphatic heterocycles. The van der Waals surface area contributed by atoms with Gasteiger partial charge in [-0.2, -0.15) is 0 Å². The van der Waals surface area contributed by atoms with Gasteiger partial charge in [-0.3, -0.25) is 0 Å². The summed E-state index contributed by atoms with van der Waals surface area (Å²) in [6.07, 6.45) is 3.29. The number of hydrogen-bond donors (Lipinski definition) is 2. The first-order valence-corrected chi connectivity index (χ1v) is 36.4. The Hall–Kier alpha value is -7.44. The zero-order valence-corrected chi connectivity index (χ0v) is 65.5. The smallest absolute Gasteiger partial charge is 0.147 e. The van der Waals surface area contributed by atoms with E-state index in [-0.39, 0.29) is 65.6 Å². The van der Waals surface area contributed by atoms with E-state index in [1.807, 2.05) is 0 Å². The van der Waals surface area contributed by atoms with Crippen molar-refractivity contribution in [2.45, 2.75) is 263 Å². The summed E-state index contributed by atoms with van der Waals surface area (Å²) < 4.78 is 18.7. The standard InChI is InChI=1S/C92H120N2O4/c1-83(2,3)55-91(25,26)63-51-71(81(95)77(53-63)93-73-37-31-57(85(7,8)9)45-65(73)66-46-58(86(10,11)12)32-38-74(66)93)69-49-61(89(19,20)21)35-41-79(69)97-43-29-30-44-98-80-42-36-62(90(22,23)24)50-70(80)72-52-64(92(27,28)56-84(4,5)6)54-78(82(72)96)94-75-39-33-59(87(13,14)15)47-67(75)68-48-60(88(16,17)18)34-40-76(68)94/h31-42,45-54,95-96H,29-30,43-44,55-56H2,1-28H3. The van der Waals surface area contributed by atoms with Gasteiger partial charge in [-0.1, -0.05) is 230 Å². The Morgan fingerprint density at radius 3 is 0.755 bits per heavy atom. The van der Waals surface area contributed by atoms with E-state index in [9.17, 15) is 10.2 Å². The van der Waals surface area contributed by atoms with Gasteiger partial charge in [0.1, 0.15) is 23.0 Å². The highest BCUT2D eigenvalue weighted by atomic mass is 16.5. The molecule has 98 heavy (non-hydrogen) atoms. The molecule has 10 rings (SSSR count). The highest BCUT2D eigenvalue weighted by Gasteiger charge is 2.35. The van der Waals surface area contributed by atoms with Crippen LogP contribution in [0.15, 0.2) is 133 Å². The van der Waals surface area contributed by atoms with Crippen LogP contribution in [0.1, 0.15) is 264 Å². The summed E-state index contributed by atoms with van der Waals surface area (Å²) in [5.74, 6) is 1.90. The summed E-state index contributed by atoms with van der Waals surface area (Å²) in [5.41, 5.74) is 17.6. The molecule has 0 aliphatic rings. The lowest BCUT2D eigenvalue weighted by Gasteiger charge is -2.34. The normalized spacial score (nSPS) is 13.6. The number of ether oxygens (including phenoxy) is 2. The fraction of sp³-hybridized carbons (Fsp3) is 0.478. The maximum Gasteiger partial charge on any atom is 0.147 e. The maximum absolute atomic E-state index is 13.4. The van der Waals surface area contributed by atoms with E-state index in [2.05, 4.69) is 336 Å². The monoisotopic (exact) mass is 1320 g/mol. The van der Waals surface area contributed by atoms with Crippen molar-refractivity contribution in [1.82, 2.24) is 9.13 Å². The highest BCUT2D eigenvalue weighted by molar-refractivity contribution is 6.11. The summed E-state index contributed by atoms with van der Waals surface area (Å²) in [6.45, 7) is 65.1. The largest absolute Gasteiger partial charge is 0.505 e. The first-order chi connectivity index (χ1) is 44.9. The Labute approximate surface area is 590 Å². The number of benzene rings is 8. The number of hydrogen-bond acceptors (Lipinski definition) is 4. The Balaban J connectivity index is 1.04. The predicted octanol–water partition coefficient (Wildman–Crippen LogP) is 26.1. The number of fused-ring (bicyclic) bond motifs is 6. The fourth-order valence-electron chi connectivity index (χ4n) is 15.3. The third-order valence-electron chi connectivity index (χ3n) is 20.5. The number of unbranched alkanes of at least 4 members (excludes halogenated alkanes) is 1. The van der Waals surface area contributed by atoms with Crippen LogP contribution < -0.4 is 9.47 Å². The van der Waals surface area contributed by atoms with Crippen LogP contribution in [-0.4, -0.2) is 32.6 Å². The van der Waals surface area contributed by atoms with Gasteiger partial charge in [-0.05, 0) is 221 Å². The number of phenols is 2. The zero-order chi connectivity index (χ0) is 72.4. The quantitative estimate of drug-likeness (QED) is 0.100. The number of rotatable bonds is 15. The lowest BCUT2D eigenvalue weighted by atomic mass is 9.71. The molecule has 0 atom stereocenters. The minimum Gasteiger partial charge on any atom is -0.505 e. The van der Waals surface area contributed by atoms with Crippen LogP contribution in [0.25, 0.3) is 77.2 Å². The second-order valence-electron chi connectivity index (χ2n) is 39.0. The van der Waals surface area contributed by atoms with Gasteiger partial charge in [0.2, 0.25) is 0 Å². The molecule has 8 aromatic carbocycles. The van der Waals surface area contributed by atoms with Crippen molar-refractivity contribution in [3.05, 3.63) is 178 Å². The molecule has 6 heteroatoms. The molecule has 0 radical (unpaired) electrons. The molecule has 0 aliphatic carbocycles. The molecule has 2 N–H and O–H groups in total. The predicted molar refractivity (Wildman–Crippen MR) is 422 cm³/mol. The number of aromatic hydroxyl groups is 2. The molecule has 6 nitrogen and oxygen atoms in total. The Kier molecular flexibility index (Phi) is 18.9. The van der Waals surface area contributed by atoms with Crippen molar-refractivity contribution in [3.8, 4) is 56.6 Å². The first-order valence-electron chi connectivity index (χ1n) is 36.4. The molecule has 0 bridgehead atoms. The molecule has 0 saturated carbocycles. The van der Waals surface area contributed by atoms with Crippen molar-refractivity contribution in [1.29, 1.82) is 0 Å². The lowest BCUT2D eigenvalue weighted by molar-refractivity contribution is 0.267. The second kappa shape index (κ2) is 25.3. The van der Waals surface area contributed by atoms with E-state index < -0.39 is 0 Å². The molecule has 0 spiro atoms. The van der Waals surface area contributed by atoms with E-state index in [4.69, 9.17) is 9.47 Å². The summed E-state index contributed by atoms with van der Waals surface area (Å²) in [4.78, 5) is 0. The Morgan fingerprint density at radius 2 is 0.510 bits per heavy atom. The third-order valence-corrected chi connectivity index (χ3v) is 20.5. The van der Waals surface area contributed by atoms with E-state index in [1.54, 1.807) is 0 Å². The van der Waals surface area contributed by atoms with Gasteiger partial charge in [-0.15, -0.1) is 0 Å². The fourth-order valence-corrected chi connectivity index (χ4v) is 15.3. The summed E-state index contributed by atoms with van der Waals surface area (Å²) in [6, 6.07) is 49.8. The molecule has 0 fully saturated rings. The molecule has 10 aromatic rings. The Bertz CT molecular complexity index is 4210. The summed E-state index contributed by atoms with van der Waals surface area (Å²) >= 11 is 0. The van der Waals surface area contributed by atoms with Gasteiger partial charge in [0.25, 0.3) is 0 Å². The molecular formula is C92H120N2O4. The SMILES string of the molecule is CC(C)(C)CC(C)(C)c1cc(-c2cc(C(C)(C)C)ccc2OCCCCOc2ccc(C(C)(C)C)cc2-c2cc(C(C)(C)CC(C)(C)C)cc(-n3c4ccc(C(C)(C)C)cc4c4cc(C(C)(C)C)ccc43)c2O)c(O)c(-n2c3ccc(C(C)(C)C)cc3c3cc(C(C)(C)C)ccc32)c1. The minimum absolute atomic E-state index is 0.0329. The van der Waals surface area contributed by atoms with Crippen molar-refractivity contribution in [2.75, 3.05) is 13.2 Å². The van der Waals surface area contributed by atoms with Gasteiger partial charge in [0.05, 0.1) is 46.7 Å². The molecule has 522 valence electrons. The molecule has 0 saturated heterocycles. The maximum atomic E-state index is 13.4. The number of phenolic OH excluding ortho intramolecular Hbond substituents is 2. The van der Waals surface area contributed by atoms with Crippen LogP contribution in [-0.2, 0) is 43.3 Å². The number of aromatic nitrogens is 2. The summed E-state index contributed by atoms with van der Waals surface area (Å²) in [7, 11) is 0. The molecule has 0 unspecified atom stereocenters. The van der Waals surface area contributed by atoms with Crippen molar-refractivity contribution in [2.24, 2.45) is 10.8 Å². The van der Waals surface area contributed by atoms with Crippen molar-refractivity contribution in [3.63, 3.8) is 0 Å². The topological polar surface area (TPSA) is 68.8 Å². The first kappa shape index (κ1) is 73.3. The van der Waals surface area contributed by atoms with E-state index in [1.165, 1.54) is 43.8 Å². The van der Waals surface area contributed by atoms with Gasteiger partial charge >= 0.3 is 0 Å². The number of nitrogens with zero attached hydrogens (tertiary/aromatic N) is 2.